The zero-order valence-electron chi connectivity index (χ0n) is 3.84. The Labute approximate surface area is 192 Å². The zero-order chi connectivity index (χ0) is 0. The Kier molecular flexibility index (Phi) is 768. The van der Waals surface area contributed by atoms with Crippen LogP contribution in [0.3, 0.4) is 0 Å². The van der Waals surface area contributed by atoms with E-state index in [9.17, 15) is 0 Å². The predicted molar refractivity (Wildman–Crippen MR) is 17.3 cm³/mol. The molecule has 0 aliphatic rings. The molecular weight excluding hydrogens is 789 g/mol. The van der Waals surface area contributed by atoms with E-state index in [0.29, 0.717) is 0 Å². The molecule has 0 aromatic heterocycles. The molecule has 0 aliphatic carbocycles. The number of hydrogen-bond acceptors (Lipinski definition) is 0. The van der Waals surface area contributed by atoms with Gasteiger partial charge in [0.2, 0.25) is 0 Å². The maximum Gasteiger partial charge on any atom is 0 e. The van der Waals surface area contributed by atoms with Crippen LogP contribution in [-0.2, 0) is 119 Å². The van der Waals surface area contributed by atoms with Crippen LogP contribution < -0.4 is 0 Å². The molecule has 0 rings (SSSR count). The summed E-state index contributed by atoms with van der Waals surface area (Å²) >= 11 is 0. The quantitative estimate of drug-likeness (QED) is 0.272. The Morgan fingerprint density at radius 3 is 0.200 bits per heavy atom. The van der Waals surface area contributed by atoms with Gasteiger partial charge in [-0.1, -0.05) is 0 Å². The molecule has 0 N–H and O–H groups in total. The molecule has 16 radical (unpaired) electrons. The number of hydrogen-bond donors (Lipinski definition) is 0. The fourth-order valence-corrected chi connectivity index (χ4v) is 0. The molecule has 0 fully saturated rings. The molecule has 10 heavy (non-hydrogen) atoms. The Morgan fingerprint density at radius 2 is 0.200 bits per heavy atom. The van der Waals surface area contributed by atoms with Crippen molar-refractivity contribution < 1.29 is 119 Å². The molecule has 0 atom stereocenters. The molecule has 86 valence electrons. The first-order valence-electron chi connectivity index (χ1n) is 0. The summed E-state index contributed by atoms with van der Waals surface area (Å²) in [4.78, 5) is 0. The average molecular weight is 789 g/mol. The summed E-state index contributed by atoms with van der Waals surface area (Å²) in [5.74, 6) is 0. The summed E-state index contributed by atoms with van der Waals surface area (Å²) in [5.41, 5.74) is 0. The molecule has 10 heteroatoms. The van der Waals surface area contributed by atoms with Gasteiger partial charge in [-0.15, -0.1) is 0 Å². The topological polar surface area (TPSA) is 0 Å². The van der Waals surface area contributed by atoms with Gasteiger partial charge >= 0.3 is 0 Å². The third kappa shape index (κ3) is 64.1. The van der Waals surface area contributed by atoms with E-state index in [1.165, 1.54) is 0 Å². The van der Waals surface area contributed by atoms with Crippen molar-refractivity contribution in [3.8, 4) is 0 Å². The second-order valence-electron chi connectivity index (χ2n) is 0. The van der Waals surface area contributed by atoms with Gasteiger partial charge in [0.15, 0.2) is 0 Å². The molecule has 0 saturated carbocycles. The SMILES string of the molecule is [Cu].[Cu].[Cu].[Cu].[Cu].[Cu].[Cu].[In].[In].[In]. The van der Waals surface area contributed by atoms with Gasteiger partial charge in [-0.05, 0) is 0 Å². The van der Waals surface area contributed by atoms with E-state index in [2.05, 4.69) is 0 Å². The molecular formula is Cu7In3. The Bertz CT molecular complexity index is 8.81. The average Bonchev–Trinajstić information content (AvgIpc) is 0. The summed E-state index contributed by atoms with van der Waals surface area (Å²) in [5, 5.41) is 0. The van der Waals surface area contributed by atoms with Crippen LogP contribution in [0.15, 0.2) is 0 Å². The van der Waals surface area contributed by atoms with Crippen LogP contribution in [0.4, 0.5) is 0 Å². The summed E-state index contributed by atoms with van der Waals surface area (Å²) in [7, 11) is 0. The first-order valence-corrected chi connectivity index (χ1v) is 0. The predicted octanol–water partition coefficient (Wildman–Crippen LogP) is -1.16. The summed E-state index contributed by atoms with van der Waals surface area (Å²) in [6.07, 6.45) is 0. The summed E-state index contributed by atoms with van der Waals surface area (Å²) < 4.78 is 0. The molecule has 0 nitrogen and oxygen atoms in total. The van der Waals surface area contributed by atoms with Crippen LogP contribution in [0.2, 0.25) is 0 Å². The molecule has 0 spiro atoms. The monoisotopic (exact) mass is 785 g/mol. The largest absolute Gasteiger partial charge is 0 e. The molecule has 0 saturated heterocycles. The normalized spacial score (nSPS) is 0. The smallest absolute Gasteiger partial charge is 0 e. The molecule has 0 heterocycles. The van der Waals surface area contributed by atoms with E-state index in [-0.39, 0.29) is 197 Å². The van der Waals surface area contributed by atoms with Gasteiger partial charge in [0.1, 0.15) is 0 Å². The fraction of sp³-hybridized carbons (Fsp3) is 0. The minimum absolute atomic E-state index is 0. The molecule has 0 amide bonds. The van der Waals surface area contributed by atoms with Crippen molar-refractivity contribution in [2.75, 3.05) is 0 Å². The van der Waals surface area contributed by atoms with E-state index in [4.69, 9.17) is 0 Å². The third-order valence-electron chi connectivity index (χ3n) is 0. The van der Waals surface area contributed by atoms with Crippen molar-refractivity contribution in [3.63, 3.8) is 0 Å². The van der Waals surface area contributed by atoms with E-state index >= 15 is 0 Å². The zero-order valence-corrected chi connectivity index (χ0v) is 20.3. The van der Waals surface area contributed by atoms with Crippen LogP contribution in [0.1, 0.15) is 0 Å². The Morgan fingerprint density at radius 1 is 0.200 bits per heavy atom. The van der Waals surface area contributed by atoms with Gasteiger partial charge in [-0.3, -0.25) is 0 Å². The molecule has 0 aliphatic heterocycles. The van der Waals surface area contributed by atoms with Gasteiger partial charge in [-0.2, -0.15) is 0 Å². The Hall–Kier alpha value is 6.25. The van der Waals surface area contributed by atoms with E-state index in [0.717, 1.165) is 0 Å². The van der Waals surface area contributed by atoms with Crippen molar-refractivity contribution >= 4 is 77.5 Å². The maximum absolute atomic E-state index is 0. The molecule has 0 unspecified atom stereocenters. The fourth-order valence-electron chi connectivity index (χ4n) is 0. The summed E-state index contributed by atoms with van der Waals surface area (Å²) in [6.45, 7) is 0. The van der Waals surface area contributed by atoms with Crippen LogP contribution in [0.25, 0.3) is 0 Å². The van der Waals surface area contributed by atoms with Crippen LogP contribution in [0.5, 0.6) is 0 Å². The first-order chi connectivity index (χ1) is 0. The van der Waals surface area contributed by atoms with Gasteiger partial charge in [0, 0.05) is 197 Å². The van der Waals surface area contributed by atoms with Crippen LogP contribution >= 0.6 is 0 Å². The third-order valence-corrected chi connectivity index (χ3v) is 0. The van der Waals surface area contributed by atoms with Crippen molar-refractivity contribution in [3.05, 3.63) is 0 Å². The molecule has 0 aromatic rings. The van der Waals surface area contributed by atoms with E-state index in [1.54, 1.807) is 0 Å². The van der Waals surface area contributed by atoms with Gasteiger partial charge in [0.05, 0.1) is 0 Å². The molecule has 0 aromatic carbocycles. The first kappa shape index (κ1) is 96.8. The van der Waals surface area contributed by atoms with Crippen molar-refractivity contribution in [1.82, 2.24) is 0 Å². The minimum Gasteiger partial charge on any atom is 0 e. The second-order valence-corrected chi connectivity index (χ2v) is 0. The maximum atomic E-state index is 0. The van der Waals surface area contributed by atoms with Crippen molar-refractivity contribution in [2.24, 2.45) is 0 Å². The van der Waals surface area contributed by atoms with Crippen molar-refractivity contribution in [2.45, 2.75) is 0 Å². The van der Waals surface area contributed by atoms with Gasteiger partial charge in [0.25, 0.3) is 0 Å². The standard InChI is InChI=1S/7Cu.3In. The Balaban J connectivity index is 0. The van der Waals surface area contributed by atoms with Gasteiger partial charge in [-0.25, -0.2) is 0 Å². The van der Waals surface area contributed by atoms with Gasteiger partial charge < -0.3 is 0 Å². The van der Waals surface area contributed by atoms with Crippen LogP contribution in [0, 0.1) is 0 Å². The molecule has 0 bridgehead atoms. The minimum atomic E-state index is 0. The summed E-state index contributed by atoms with van der Waals surface area (Å²) in [6, 6.07) is 0. The van der Waals surface area contributed by atoms with Crippen molar-refractivity contribution in [1.29, 1.82) is 0 Å². The van der Waals surface area contributed by atoms with E-state index < -0.39 is 0 Å². The van der Waals surface area contributed by atoms with Crippen LogP contribution in [-0.4, -0.2) is 77.5 Å². The number of rotatable bonds is 0. The second kappa shape index (κ2) is 79.3. The van der Waals surface area contributed by atoms with E-state index in [1.807, 2.05) is 0 Å².